The van der Waals surface area contributed by atoms with Gasteiger partial charge in [0.25, 0.3) is 0 Å². The lowest BCUT2D eigenvalue weighted by Crippen LogP contribution is -2.47. The maximum absolute atomic E-state index is 12.9. The van der Waals surface area contributed by atoms with Crippen molar-refractivity contribution in [3.63, 3.8) is 0 Å². The van der Waals surface area contributed by atoms with Gasteiger partial charge in [0.15, 0.2) is 0 Å². The summed E-state index contributed by atoms with van der Waals surface area (Å²) in [6, 6.07) is 6.44. The number of aryl methyl sites for hydroxylation is 1. The summed E-state index contributed by atoms with van der Waals surface area (Å²) in [5.74, 6) is -0.551. The third kappa shape index (κ3) is 2.96. The van der Waals surface area contributed by atoms with Crippen molar-refractivity contribution < 1.29 is 17.9 Å². The first-order chi connectivity index (χ1) is 10.7. The topological polar surface area (TPSA) is 87.5 Å². The van der Waals surface area contributed by atoms with Gasteiger partial charge in [-0.15, -0.1) is 0 Å². The zero-order valence-corrected chi connectivity index (χ0v) is 14.5. The summed E-state index contributed by atoms with van der Waals surface area (Å²) >= 11 is 0. The zero-order valence-electron chi connectivity index (χ0n) is 13.7. The average molecular weight is 336 g/mol. The number of rotatable bonds is 5. The first-order valence-corrected chi connectivity index (χ1v) is 8.71. The van der Waals surface area contributed by atoms with Crippen molar-refractivity contribution in [3.05, 3.63) is 29.3 Å². The van der Waals surface area contributed by atoms with Crippen LogP contribution in [0.15, 0.2) is 23.1 Å². The minimum absolute atomic E-state index is 0.0203. The Morgan fingerprint density at radius 2 is 2.04 bits per heavy atom. The molecule has 0 spiro atoms. The van der Waals surface area contributed by atoms with Gasteiger partial charge in [-0.3, -0.25) is 0 Å². The molecule has 1 aliphatic carbocycles. The number of carbonyl (C=O) groups excluding carboxylic acids is 1. The van der Waals surface area contributed by atoms with E-state index in [2.05, 4.69) is 10.8 Å². The van der Waals surface area contributed by atoms with Crippen LogP contribution in [0, 0.1) is 24.2 Å². The van der Waals surface area contributed by atoms with E-state index in [4.69, 9.17) is 0 Å². The normalized spacial score (nSPS) is 17.4. The first kappa shape index (κ1) is 17.4. The van der Waals surface area contributed by atoms with Crippen LogP contribution in [-0.2, 0) is 14.8 Å². The molecule has 0 N–H and O–H groups in total. The van der Waals surface area contributed by atoms with Crippen LogP contribution >= 0.6 is 0 Å². The summed E-state index contributed by atoms with van der Waals surface area (Å²) in [5.41, 5.74) is -0.259. The van der Waals surface area contributed by atoms with E-state index < -0.39 is 21.5 Å². The Kier molecular flexibility index (Phi) is 4.51. The lowest BCUT2D eigenvalue weighted by molar-refractivity contribution is 0.0599. The average Bonchev–Trinajstić information content (AvgIpc) is 3.38. The first-order valence-electron chi connectivity index (χ1n) is 7.27. The van der Waals surface area contributed by atoms with Crippen LogP contribution in [0.4, 0.5) is 0 Å². The number of nitrogens with zero attached hydrogens (tertiary/aromatic N) is 2. The summed E-state index contributed by atoms with van der Waals surface area (Å²) in [7, 11) is -1.24. The minimum atomic E-state index is -3.89. The van der Waals surface area contributed by atoms with Crippen molar-refractivity contribution in [2.45, 2.75) is 37.1 Å². The number of sulfonamides is 1. The van der Waals surface area contributed by atoms with Crippen molar-refractivity contribution in [1.29, 1.82) is 5.26 Å². The van der Waals surface area contributed by atoms with Crippen molar-refractivity contribution in [2.24, 2.45) is 5.92 Å². The van der Waals surface area contributed by atoms with Gasteiger partial charge in [-0.05, 0) is 50.3 Å². The smallest absolute Gasteiger partial charge is 0.338 e. The second-order valence-electron chi connectivity index (χ2n) is 5.97. The number of carbonyl (C=O) groups is 1. The number of ether oxygens (including phenoxy) is 1. The maximum atomic E-state index is 12.9. The van der Waals surface area contributed by atoms with E-state index in [0.29, 0.717) is 5.56 Å². The van der Waals surface area contributed by atoms with E-state index in [1.165, 1.54) is 26.3 Å². The van der Waals surface area contributed by atoms with E-state index in [1.54, 1.807) is 19.9 Å². The van der Waals surface area contributed by atoms with Crippen molar-refractivity contribution in [1.82, 2.24) is 4.31 Å². The molecule has 0 heterocycles. The Morgan fingerprint density at radius 1 is 1.43 bits per heavy atom. The number of methoxy groups -OCH3 is 1. The Bertz CT molecular complexity index is 778. The maximum Gasteiger partial charge on any atom is 0.338 e. The molecule has 1 aliphatic rings. The van der Waals surface area contributed by atoms with Gasteiger partial charge in [0.05, 0.1) is 23.6 Å². The van der Waals surface area contributed by atoms with Gasteiger partial charge in [-0.1, -0.05) is 6.07 Å². The molecule has 1 aromatic rings. The lowest BCUT2D eigenvalue weighted by atomic mass is 9.99. The van der Waals surface area contributed by atoms with E-state index >= 15 is 0 Å². The molecule has 1 fully saturated rings. The molecule has 1 aromatic carbocycles. The van der Waals surface area contributed by atoms with Gasteiger partial charge in [-0.25, -0.2) is 13.2 Å². The third-order valence-electron chi connectivity index (χ3n) is 4.53. The van der Waals surface area contributed by atoms with Gasteiger partial charge < -0.3 is 4.74 Å². The molecule has 23 heavy (non-hydrogen) atoms. The number of benzene rings is 1. The monoisotopic (exact) mass is 336 g/mol. The SMILES string of the molecule is COC(=O)c1cc(S(=O)(=O)N(C)[C@@](C)(C#N)C2CC2)ccc1C. The molecule has 0 saturated heterocycles. The van der Waals surface area contributed by atoms with E-state index in [0.717, 1.165) is 17.1 Å². The van der Waals surface area contributed by atoms with Crippen LogP contribution in [0.5, 0.6) is 0 Å². The summed E-state index contributed by atoms with van der Waals surface area (Å²) in [4.78, 5) is 11.8. The molecule has 0 radical (unpaired) electrons. The van der Waals surface area contributed by atoms with Gasteiger partial charge in [0.1, 0.15) is 5.54 Å². The van der Waals surface area contributed by atoms with Crippen LogP contribution in [0.2, 0.25) is 0 Å². The van der Waals surface area contributed by atoms with Crippen molar-refractivity contribution in [2.75, 3.05) is 14.2 Å². The molecule has 0 bridgehead atoms. The van der Waals surface area contributed by atoms with Crippen molar-refractivity contribution in [3.8, 4) is 6.07 Å². The van der Waals surface area contributed by atoms with Crippen LogP contribution in [0.25, 0.3) is 0 Å². The Balaban J connectivity index is 2.48. The summed E-state index contributed by atoms with van der Waals surface area (Å²) in [6.45, 7) is 3.34. The summed E-state index contributed by atoms with van der Waals surface area (Å²) < 4.78 is 31.5. The van der Waals surface area contributed by atoms with Gasteiger partial charge in [-0.2, -0.15) is 9.57 Å². The molecule has 0 aliphatic heterocycles. The molecular weight excluding hydrogens is 316 g/mol. The molecular formula is C16H20N2O4S. The lowest BCUT2D eigenvalue weighted by Gasteiger charge is -2.32. The van der Waals surface area contributed by atoms with Crippen LogP contribution < -0.4 is 0 Å². The quantitative estimate of drug-likeness (QED) is 0.768. The third-order valence-corrected chi connectivity index (χ3v) is 6.48. The fraction of sp³-hybridized carbons (Fsp3) is 0.500. The highest BCUT2D eigenvalue weighted by Crippen LogP contribution is 2.44. The molecule has 0 amide bonds. The summed E-state index contributed by atoms with van der Waals surface area (Å²) in [6.07, 6.45) is 1.68. The standard InChI is InChI=1S/C16H20N2O4S/c1-11-5-8-13(9-14(11)15(19)22-4)23(20,21)18(3)16(2,10-17)12-6-7-12/h5,8-9,12H,6-7H2,1-4H3/t16-/m0/s1. The molecule has 0 unspecified atom stereocenters. The van der Waals surface area contributed by atoms with Crippen LogP contribution in [-0.4, -0.2) is 38.4 Å². The number of nitriles is 1. The van der Waals surface area contributed by atoms with Crippen LogP contribution in [0.3, 0.4) is 0 Å². The number of hydrogen-bond donors (Lipinski definition) is 0. The summed E-state index contributed by atoms with van der Waals surface area (Å²) in [5, 5.41) is 9.47. The molecule has 2 rings (SSSR count). The van der Waals surface area contributed by atoms with Gasteiger partial charge >= 0.3 is 5.97 Å². The highest BCUT2D eigenvalue weighted by molar-refractivity contribution is 7.89. The zero-order chi connectivity index (χ0) is 17.4. The second-order valence-corrected chi connectivity index (χ2v) is 7.94. The molecule has 1 saturated carbocycles. The Morgan fingerprint density at radius 3 is 2.52 bits per heavy atom. The van der Waals surface area contributed by atoms with Gasteiger partial charge in [0, 0.05) is 7.05 Å². The van der Waals surface area contributed by atoms with E-state index in [1.807, 2.05) is 0 Å². The van der Waals surface area contributed by atoms with E-state index in [9.17, 15) is 18.5 Å². The molecule has 7 heteroatoms. The highest BCUT2D eigenvalue weighted by Gasteiger charge is 2.49. The van der Waals surface area contributed by atoms with E-state index in [-0.39, 0.29) is 16.4 Å². The predicted molar refractivity (Wildman–Crippen MR) is 84.2 cm³/mol. The second kappa shape index (κ2) is 5.95. The van der Waals surface area contributed by atoms with Gasteiger partial charge in [0.2, 0.25) is 10.0 Å². The molecule has 0 aromatic heterocycles. The molecule has 124 valence electrons. The Labute approximate surface area is 136 Å². The number of hydrogen-bond acceptors (Lipinski definition) is 5. The predicted octanol–water partition coefficient (Wildman–Crippen LogP) is 2.09. The minimum Gasteiger partial charge on any atom is -0.465 e. The van der Waals surface area contributed by atoms with Crippen LogP contribution in [0.1, 0.15) is 35.7 Å². The molecule has 6 nitrogen and oxygen atoms in total. The highest BCUT2D eigenvalue weighted by atomic mass is 32.2. The molecule has 1 atom stereocenters. The Hall–Kier alpha value is -1.91. The largest absolute Gasteiger partial charge is 0.465 e. The number of esters is 1. The fourth-order valence-corrected chi connectivity index (χ4v) is 4.08. The fourth-order valence-electron chi connectivity index (χ4n) is 2.56. The van der Waals surface area contributed by atoms with Crippen molar-refractivity contribution >= 4 is 16.0 Å².